The second kappa shape index (κ2) is 13.8. The van der Waals surface area contributed by atoms with Gasteiger partial charge in [0.15, 0.2) is 0 Å². The molecule has 2 aromatic carbocycles. The summed E-state index contributed by atoms with van der Waals surface area (Å²) in [5.41, 5.74) is 0.977. The second-order valence-electron chi connectivity index (χ2n) is 7.02. The second-order valence-corrected chi connectivity index (χ2v) is 8.44. The molecule has 5 nitrogen and oxygen atoms in total. The van der Waals surface area contributed by atoms with Crippen LogP contribution in [0.15, 0.2) is 47.4 Å². The Bertz CT molecular complexity index is 852. The van der Waals surface area contributed by atoms with E-state index in [4.69, 9.17) is 4.74 Å². The number of para-hydroxylation sites is 1. The van der Waals surface area contributed by atoms with Crippen LogP contribution in [0, 0.1) is 0 Å². The van der Waals surface area contributed by atoms with Crippen LogP contribution in [0.1, 0.15) is 63.9 Å². The van der Waals surface area contributed by atoms with Crippen molar-refractivity contribution in [2.24, 2.45) is 0 Å². The summed E-state index contributed by atoms with van der Waals surface area (Å²) in [6.07, 6.45) is 10.7. The molecule has 1 N–H and O–H groups in total. The van der Waals surface area contributed by atoms with E-state index in [-0.39, 0.29) is 62.0 Å². The van der Waals surface area contributed by atoms with Gasteiger partial charge in [0.05, 0.1) is 4.90 Å². The third kappa shape index (κ3) is 9.51. The summed E-state index contributed by atoms with van der Waals surface area (Å²) in [4.78, 5) is -0.359. The van der Waals surface area contributed by atoms with E-state index in [0.717, 1.165) is 43.0 Å². The summed E-state index contributed by atoms with van der Waals surface area (Å²) in [5, 5.41) is 12.0. The fourth-order valence-electron chi connectivity index (χ4n) is 3.11. The maximum absolute atomic E-state index is 12.0. The minimum Gasteiger partial charge on any atom is -0.870 e. The summed E-state index contributed by atoms with van der Waals surface area (Å²) in [7, 11) is -4.39. The van der Waals surface area contributed by atoms with Crippen LogP contribution in [0.2, 0.25) is 0 Å². The van der Waals surface area contributed by atoms with E-state index in [1.54, 1.807) is 6.07 Å². The quantitative estimate of drug-likeness (QED) is 0.309. The van der Waals surface area contributed by atoms with Crippen molar-refractivity contribution in [1.82, 2.24) is 0 Å². The van der Waals surface area contributed by atoms with E-state index >= 15 is 0 Å². The number of hydrogen-bond acceptors (Lipinski definition) is 4. The molecule has 0 bridgehead atoms. The number of benzene rings is 2. The molecular weight excluding hydrogens is 415 g/mol. The number of rotatable bonds is 12. The monoisotopic (exact) mass is 444 g/mol. The maximum Gasteiger partial charge on any atom is 1.00 e. The Balaban J connectivity index is 0.00000420. The summed E-state index contributed by atoms with van der Waals surface area (Å²) in [6, 6.07) is 10.7. The standard InChI is InChI=1S/C22H30O5S.K/c1-2-3-4-5-6-7-8-9-12-18-13-10-11-14-21(18)27-22-17-19(28(24,25)26)15-16-20(22)23;/h10-11,13-17,23H,2-9,12H2,1H3,(H,24,25,26);/q;+1/p-1. The van der Waals surface area contributed by atoms with Crippen LogP contribution in [0.3, 0.4) is 0 Å². The van der Waals surface area contributed by atoms with E-state index < -0.39 is 15.9 Å². The van der Waals surface area contributed by atoms with Crippen molar-refractivity contribution >= 4 is 10.1 Å². The van der Waals surface area contributed by atoms with Gasteiger partial charge in [-0.3, -0.25) is 4.55 Å². The van der Waals surface area contributed by atoms with Crippen LogP contribution in [0.5, 0.6) is 17.2 Å². The van der Waals surface area contributed by atoms with Gasteiger partial charge < -0.3 is 9.84 Å². The molecule has 0 aromatic heterocycles. The van der Waals surface area contributed by atoms with Crippen LogP contribution in [0.4, 0.5) is 0 Å². The minimum absolute atomic E-state index is 0. The summed E-state index contributed by atoms with van der Waals surface area (Å²) in [6.45, 7) is 2.22. The predicted octanol–water partition coefficient (Wildman–Crippen LogP) is 2.49. The first kappa shape index (κ1) is 26.6. The van der Waals surface area contributed by atoms with Crippen LogP contribution < -0.4 is 61.2 Å². The summed E-state index contributed by atoms with van der Waals surface area (Å²) >= 11 is 0. The zero-order chi connectivity index (χ0) is 20.4. The molecule has 29 heavy (non-hydrogen) atoms. The minimum atomic E-state index is -4.39. The zero-order valence-electron chi connectivity index (χ0n) is 17.4. The van der Waals surface area contributed by atoms with Crippen LogP contribution in [-0.2, 0) is 16.5 Å². The number of ether oxygens (including phenoxy) is 1. The van der Waals surface area contributed by atoms with Gasteiger partial charge in [-0.2, -0.15) is 8.42 Å². The van der Waals surface area contributed by atoms with Crippen molar-refractivity contribution in [2.75, 3.05) is 0 Å². The number of hydrogen-bond donors (Lipinski definition) is 1. The molecule has 0 aliphatic heterocycles. The van der Waals surface area contributed by atoms with Gasteiger partial charge in [0.2, 0.25) is 0 Å². The molecule has 7 heteroatoms. The third-order valence-corrected chi connectivity index (χ3v) is 5.55. The topological polar surface area (TPSA) is 86.7 Å². The number of unbranched alkanes of at least 4 members (excludes halogenated alkanes) is 7. The molecule has 2 aromatic rings. The Labute approximate surface area is 217 Å². The van der Waals surface area contributed by atoms with Gasteiger partial charge in [0.25, 0.3) is 10.1 Å². The molecule has 154 valence electrons. The Hall–Kier alpha value is -0.414. The molecular formula is C22H29KO5S. The van der Waals surface area contributed by atoms with Crippen molar-refractivity contribution in [3.05, 3.63) is 48.0 Å². The smallest absolute Gasteiger partial charge is 0.870 e. The van der Waals surface area contributed by atoms with E-state index in [9.17, 15) is 18.1 Å². The van der Waals surface area contributed by atoms with E-state index in [1.165, 1.54) is 38.5 Å². The first-order valence-corrected chi connectivity index (χ1v) is 11.4. The molecule has 0 aliphatic carbocycles. The van der Waals surface area contributed by atoms with E-state index in [0.29, 0.717) is 5.75 Å². The van der Waals surface area contributed by atoms with Crippen molar-refractivity contribution in [2.45, 2.75) is 69.6 Å². The zero-order valence-corrected chi connectivity index (χ0v) is 21.3. The molecule has 0 atom stereocenters. The molecule has 0 saturated carbocycles. The molecule has 0 spiro atoms. The van der Waals surface area contributed by atoms with Crippen molar-refractivity contribution in [1.29, 1.82) is 0 Å². The normalized spacial score (nSPS) is 11.1. The maximum atomic E-state index is 12.0. The van der Waals surface area contributed by atoms with Crippen LogP contribution in [-0.4, -0.2) is 13.0 Å². The van der Waals surface area contributed by atoms with Gasteiger partial charge in [0, 0.05) is 6.07 Å². The Morgan fingerprint density at radius 2 is 1.52 bits per heavy atom. The average Bonchev–Trinajstić information content (AvgIpc) is 2.66. The summed E-state index contributed by atoms with van der Waals surface area (Å²) in [5.74, 6) is -0.0113. The van der Waals surface area contributed by atoms with Crippen molar-refractivity contribution in [3.63, 3.8) is 0 Å². The molecule has 0 heterocycles. The first-order chi connectivity index (χ1) is 13.4. The van der Waals surface area contributed by atoms with Gasteiger partial charge in [-0.1, -0.05) is 81.9 Å². The molecule has 0 aliphatic rings. The van der Waals surface area contributed by atoms with Crippen molar-refractivity contribution < 1.29 is 74.2 Å². The molecule has 0 radical (unpaired) electrons. The molecule has 0 unspecified atom stereocenters. The molecule has 0 fully saturated rings. The number of aryl methyl sites for hydroxylation is 1. The average molecular weight is 445 g/mol. The summed E-state index contributed by atoms with van der Waals surface area (Å²) < 4.78 is 37.5. The van der Waals surface area contributed by atoms with Gasteiger partial charge in [0.1, 0.15) is 11.5 Å². The largest absolute Gasteiger partial charge is 1.00 e. The van der Waals surface area contributed by atoms with Gasteiger partial charge >= 0.3 is 51.4 Å². The van der Waals surface area contributed by atoms with Crippen LogP contribution >= 0.6 is 0 Å². The fraction of sp³-hybridized carbons (Fsp3) is 0.455. The fourth-order valence-corrected chi connectivity index (χ4v) is 3.60. The van der Waals surface area contributed by atoms with Gasteiger partial charge in [-0.15, -0.1) is 0 Å². The third-order valence-electron chi connectivity index (χ3n) is 4.71. The molecule has 0 saturated heterocycles. The van der Waals surface area contributed by atoms with Gasteiger partial charge in [-0.05, 0) is 30.5 Å². The Morgan fingerprint density at radius 1 is 0.897 bits per heavy atom. The van der Waals surface area contributed by atoms with E-state index in [2.05, 4.69) is 6.92 Å². The van der Waals surface area contributed by atoms with Gasteiger partial charge in [-0.25, -0.2) is 0 Å². The van der Waals surface area contributed by atoms with Crippen LogP contribution in [0.25, 0.3) is 0 Å². The van der Waals surface area contributed by atoms with Crippen molar-refractivity contribution in [3.8, 4) is 17.2 Å². The Morgan fingerprint density at radius 3 is 2.17 bits per heavy atom. The predicted molar refractivity (Wildman–Crippen MR) is 109 cm³/mol. The molecule has 2 rings (SSSR count). The molecule has 0 amide bonds. The van der Waals surface area contributed by atoms with E-state index in [1.807, 2.05) is 18.2 Å². The first-order valence-electron chi connectivity index (χ1n) is 9.96. The Kier molecular flexibility index (Phi) is 12.7. The SMILES string of the molecule is CCCCCCCCCCc1ccccc1Oc1cc(S(=O)(=O)O)ccc1[O-].[K+].